The highest BCUT2D eigenvalue weighted by Gasteiger charge is 2.35. The fraction of sp³-hybridized carbons (Fsp3) is 0.381. The van der Waals surface area contributed by atoms with Gasteiger partial charge in [0.15, 0.2) is 11.6 Å². The third kappa shape index (κ3) is 6.36. The van der Waals surface area contributed by atoms with Crippen molar-refractivity contribution in [3.8, 4) is 17.4 Å². The molecule has 0 fully saturated rings. The van der Waals surface area contributed by atoms with Gasteiger partial charge in [-0.3, -0.25) is 14.7 Å². The normalized spacial score (nSPS) is 14.2. The average molecular weight is 551 g/mol. The Balaban J connectivity index is 2.04. The number of ether oxygens (including phenoxy) is 2. The zero-order valence-electron chi connectivity index (χ0n) is 20.7. The first kappa shape index (κ1) is 27.9. The molecule has 3 N–H and O–H groups in total. The van der Waals surface area contributed by atoms with Gasteiger partial charge in [-0.2, -0.15) is 0 Å². The molecule has 0 aromatic carbocycles. The number of aliphatic imine (C=N–C) groups is 1. The lowest BCUT2D eigenvalue weighted by Gasteiger charge is -2.23. The van der Waals surface area contributed by atoms with E-state index in [0.717, 1.165) is 0 Å². The maximum absolute atomic E-state index is 13.4. The van der Waals surface area contributed by atoms with Crippen molar-refractivity contribution in [2.45, 2.75) is 31.2 Å². The van der Waals surface area contributed by atoms with E-state index in [1.54, 1.807) is 32.2 Å². The summed E-state index contributed by atoms with van der Waals surface area (Å²) >= 11 is 5.85. The first-order valence-corrected chi connectivity index (χ1v) is 12.8. The van der Waals surface area contributed by atoms with Crippen LogP contribution in [0.25, 0.3) is 11.5 Å². The lowest BCUT2D eigenvalue weighted by molar-refractivity contribution is 0.0950. The maximum Gasteiger partial charge on any atom is 0.240 e. The Kier molecular flexibility index (Phi) is 9.07. The van der Waals surface area contributed by atoms with Crippen LogP contribution in [0.1, 0.15) is 31.8 Å². The van der Waals surface area contributed by atoms with Gasteiger partial charge in [-0.15, -0.1) is 10.2 Å². The van der Waals surface area contributed by atoms with Gasteiger partial charge in [-0.1, -0.05) is 17.7 Å². The molecule has 3 aromatic rings. The van der Waals surface area contributed by atoms with Crippen LogP contribution < -0.4 is 14.8 Å². The molecule has 0 bridgehead atoms. The summed E-state index contributed by atoms with van der Waals surface area (Å²) in [6.07, 6.45) is 3.03. The van der Waals surface area contributed by atoms with Crippen molar-refractivity contribution in [2.24, 2.45) is 4.99 Å². The summed E-state index contributed by atoms with van der Waals surface area (Å²) in [4.78, 5) is 16.6. The Morgan fingerprint density at radius 2 is 1.92 bits per heavy atom. The van der Waals surface area contributed by atoms with E-state index in [1.165, 1.54) is 44.4 Å². The van der Waals surface area contributed by atoms with E-state index in [4.69, 9.17) is 26.5 Å². The van der Waals surface area contributed by atoms with Crippen molar-refractivity contribution >= 4 is 39.7 Å². The SMILES string of the molecule is CN/C=N\C(=N)[C@H](C)n1c(NS(=O)(=O)[C@@H](C)[C@H](OC)c2ncc(Cl)cn2)nnc1-c1cccc(OC)n1. The standard InChI is InChI=1S/C21H27ClN10O4S/c1-12(18(23)27-11-24-3)32-20(15-7-6-8-16(28-15)35-4)29-30-21(32)31-37(33,34)13(2)17(36-5)19-25-9-14(22)10-26-19/h6-13,17H,1-5H3,(H,30,31)(H2,23,24,27)/t12-,13-,17-/m0/s1. The molecule has 0 unspecified atom stereocenters. The molecule has 3 heterocycles. The van der Waals surface area contributed by atoms with Crippen molar-refractivity contribution < 1.29 is 17.9 Å². The topological polar surface area (TPSA) is 182 Å². The van der Waals surface area contributed by atoms with Crippen LogP contribution in [-0.4, -0.2) is 76.8 Å². The number of amidine groups is 1. The van der Waals surface area contributed by atoms with E-state index >= 15 is 0 Å². The highest BCUT2D eigenvalue weighted by molar-refractivity contribution is 7.93. The third-order valence-electron chi connectivity index (χ3n) is 5.27. The summed E-state index contributed by atoms with van der Waals surface area (Å²) in [6.45, 7) is 3.10. The summed E-state index contributed by atoms with van der Waals surface area (Å²) in [6, 6.07) is 4.24. The summed E-state index contributed by atoms with van der Waals surface area (Å²) in [5.41, 5.74) is 0.354. The van der Waals surface area contributed by atoms with E-state index in [9.17, 15) is 8.42 Å². The summed E-state index contributed by atoms with van der Waals surface area (Å²) in [7, 11) is 0.327. The number of pyridine rings is 1. The van der Waals surface area contributed by atoms with Gasteiger partial charge < -0.3 is 14.8 Å². The van der Waals surface area contributed by atoms with Crippen LogP contribution in [0.3, 0.4) is 0 Å². The first-order chi connectivity index (χ1) is 17.6. The lowest BCUT2D eigenvalue weighted by atomic mass is 10.2. The molecule has 0 saturated heterocycles. The highest BCUT2D eigenvalue weighted by Crippen LogP contribution is 2.29. The molecular formula is C21H27ClN10O4S. The van der Waals surface area contributed by atoms with Crippen molar-refractivity contribution in [2.75, 3.05) is 26.0 Å². The summed E-state index contributed by atoms with van der Waals surface area (Å²) < 4.78 is 41.3. The largest absolute Gasteiger partial charge is 0.481 e. The molecule has 198 valence electrons. The summed E-state index contributed by atoms with van der Waals surface area (Å²) in [5.74, 6) is 0.436. The highest BCUT2D eigenvalue weighted by atomic mass is 35.5. The second-order valence-electron chi connectivity index (χ2n) is 7.66. The number of halogens is 1. The van der Waals surface area contributed by atoms with E-state index in [-0.39, 0.29) is 23.4 Å². The van der Waals surface area contributed by atoms with Crippen molar-refractivity contribution in [3.05, 3.63) is 41.4 Å². The van der Waals surface area contributed by atoms with E-state index in [0.29, 0.717) is 16.6 Å². The smallest absolute Gasteiger partial charge is 0.240 e. The maximum atomic E-state index is 13.4. The van der Waals surface area contributed by atoms with Gasteiger partial charge >= 0.3 is 0 Å². The van der Waals surface area contributed by atoms with E-state index < -0.39 is 27.4 Å². The van der Waals surface area contributed by atoms with E-state index in [1.807, 2.05) is 0 Å². The molecule has 14 nitrogen and oxygen atoms in total. The number of sulfonamides is 1. The molecule has 0 radical (unpaired) electrons. The summed E-state index contributed by atoms with van der Waals surface area (Å²) in [5, 5.41) is 18.4. The molecule has 0 aliphatic carbocycles. The number of anilines is 1. The van der Waals surface area contributed by atoms with Crippen molar-refractivity contribution in [3.63, 3.8) is 0 Å². The quantitative estimate of drug-likeness (QED) is 0.236. The number of methoxy groups -OCH3 is 2. The molecule has 0 amide bonds. The molecule has 0 aliphatic rings. The molecule has 0 spiro atoms. The minimum absolute atomic E-state index is 0.0869. The Hall–Kier alpha value is -3.69. The number of aromatic nitrogens is 6. The van der Waals surface area contributed by atoms with Gasteiger partial charge in [-0.25, -0.2) is 28.4 Å². The predicted octanol–water partition coefficient (Wildman–Crippen LogP) is 2.10. The van der Waals surface area contributed by atoms with Crippen LogP contribution in [0.5, 0.6) is 5.88 Å². The van der Waals surface area contributed by atoms with Crippen LogP contribution in [0, 0.1) is 5.41 Å². The Morgan fingerprint density at radius 3 is 2.54 bits per heavy atom. The lowest BCUT2D eigenvalue weighted by Crippen LogP contribution is -2.34. The molecule has 3 aromatic heterocycles. The molecule has 16 heteroatoms. The molecule has 37 heavy (non-hydrogen) atoms. The second-order valence-corrected chi connectivity index (χ2v) is 10.1. The molecular weight excluding hydrogens is 524 g/mol. The number of hydrogen-bond acceptors (Lipinski definition) is 10. The fourth-order valence-corrected chi connectivity index (χ4v) is 4.51. The average Bonchev–Trinajstić information content (AvgIpc) is 3.30. The Morgan fingerprint density at radius 1 is 1.22 bits per heavy atom. The van der Waals surface area contributed by atoms with Crippen LogP contribution in [-0.2, 0) is 14.8 Å². The Labute approximate surface area is 219 Å². The Bertz CT molecular complexity index is 1360. The van der Waals surface area contributed by atoms with Gasteiger partial charge in [0.25, 0.3) is 0 Å². The van der Waals surface area contributed by atoms with Crippen LogP contribution in [0.15, 0.2) is 35.6 Å². The van der Waals surface area contributed by atoms with Crippen molar-refractivity contribution in [1.82, 2.24) is 35.0 Å². The van der Waals surface area contributed by atoms with Crippen LogP contribution >= 0.6 is 11.6 Å². The molecule has 0 aliphatic heterocycles. The molecule has 0 saturated carbocycles. The van der Waals surface area contributed by atoms with Crippen LogP contribution in [0.2, 0.25) is 5.02 Å². The van der Waals surface area contributed by atoms with Gasteiger partial charge in [0, 0.05) is 32.6 Å². The van der Waals surface area contributed by atoms with Gasteiger partial charge in [0.1, 0.15) is 22.9 Å². The fourth-order valence-electron chi connectivity index (χ4n) is 3.28. The molecule has 3 rings (SSSR count). The number of rotatable bonds is 11. The van der Waals surface area contributed by atoms with Gasteiger partial charge in [0.05, 0.1) is 24.5 Å². The monoisotopic (exact) mass is 550 g/mol. The van der Waals surface area contributed by atoms with E-state index in [2.05, 4.69) is 40.2 Å². The minimum Gasteiger partial charge on any atom is -0.481 e. The minimum atomic E-state index is -4.14. The zero-order valence-corrected chi connectivity index (χ0v) is 22.3. The molecule has 3 atom stereocenters. The predicted molar refractivity (Wildman–Crippen MR) is 139 cm³/mol. The van der Waals surface area contributed by atoms with Crippen molar-refractivity contribution in [1.29, 1.82) is 5.41 Å². The first-order valence-electron chi connectivity index (χ1n) is 10.9. The van der Waals surface area contributed by atoms with Crippen LogP contribution in [0.4, 0.5) is 5.95 Å². The number of nitrogens with zero attached hydrogens (tertiary/aromatic N) is 7. The second kappa shape index (κ2) is 12.0. The third-order valence-corrected chi connectivity index (χ3v) is 7.16. The number of hydrogen-bond donors (Lipinski definition) is 3. The zero-order chi connectivity index (χ0) is 27.2. The van der Waals surface area contributed by atoms with Gasteiger partial charge in [-0.05, 0) is 19.9 Å². The number of nitrogens with one attached hydrogen (secondary N) is 3. The van der Waals surface area contributed by atoms with Gasteiger partial charge in [0.2, 0.25) is 21.9 Å².